The van der Waals surface area contributed by atoms with Crippen LogP contribution in [0.1, 0.15) is 62.5 Å². The number of Topliss-reactive ketones (excluding diaryl/α,β-unsaturated/α-hetero) is 1. The Labute approximate surface area is 203 Å². The molecule has 180 valence electrons. The first-order chi connectivity index (χ1) is 16.6. The van der Waals surface area contributed by atoms with Crippen LogP contribution in [-0.4, -0.2) is 48.5 Å². The molecule has 0 radical (unpaired) electrons. The summed E-state index contributed by atoms with van der Waals surface area (Å²) in [6.45, 7) is 3.41. The smallest absolute Gasteiger partial charge is 0.317 e. The molecule has 3 heterocycles. The summed E-state index contributed by atoms with van der Waals surface area (Å²) in [6, 6.07) is 20.4. The minimum Gasteiger partial charge on any atom is -0.455 e. The minimum absolute atomic E-state index is 0.0203. The third-order valence-electron chi connectivity index (χ3n) is 8.73. The van der Waals surface area contributed by atoms with Gasteiger partial charge in [0.05, 0.1) is 18.5 Å². The Morgan fingerprint density at radius 2 is 1.47 bits per heavy atom. The van der Waals surface area contributed by atoms with Gasteiger partial charge < -0.3 is 9.22 Å². The fourth-order valence-electron chi connectivity index (χ4n) is 6.78. The van der Waals surface area contributed by atoms with E-state index in [-0.39, 0.29) is 12.1 Å². The zero-order chi connectivity index (χ0) is 23.4. The number of esters is 1. The molecule has 6 rings (SSSR count). The number of quaternary nitrogens is 1. The predicted octanol–water partition coefficient (Wildman–Crippen LogP) is 5.24. The molecule has 3 aliphatic heterocycles. The van der Waals surface area contributed by atoms with Gasteiger partial charge in [-0.05, 0) is 24.0 Å². The normalized spacial score (nSPS) is 28.1. The summed E-state index contributed by atoms with van der Waals surface area (Å²) < 4.78 is 7.23. The standard InChI is InChI=1S/C30H38NO3/c32-27(21-24-11-5-3-6-12-24)22-31-19-15-25(16-20-31)28(23-31)34-29(33)30(17-9-1-2-10-18-30)26-13-7-4-8-14-26/h3-8,11-14,25,28H,1-2,9-10,15-23H2/q+1/t25?,28-,31?/m0/s1. The zero-order valence-electron chi connectivity index (χ0n) is 20.3. The predicted molar refractivity (Wildman–Crippen MR) is 133 cm³/mol. The first kappa shape index (κ1) is 23.3. The van der Waals surface area contributed by atoms with Gasteiger partial charge in [0.2, 0.25) is 0 Å². The molecule has 2 bridgehead atoms. The summed E-state index contributed by atoms with van der Waals surface area (Å²) in [5.74, 6) is 0.709. The van der Waals surface area contributed by atoms with Gasteiger partial charge in [-0.1, -0.05) is 86.3 Å². The highest BCUT2D eigenvalue weighted by molar-refractivity contribution is 5.83. The Hall–Kier alpha value is -2.46. The lowest BCUT2D eigenvalue weighted by atomic mass is 9.74. The Balaban J connectivity index is 1.30. The van der Waals surface area contributed by atoms with E-state index in [2.05, 4.69) is 12.1 Å². The van der Waals surface area contributed by atoms with Crippen molar-refractivity contribution in [1.82, 2.24) is 0 Å². The topological polar surface area (TPSA) is 43.4 Å². The van der Waals surface area contributed by atoms with Crippen LogP contribution < -0.4 is 0 Å². The van der Waals surface area contributed by atoms with E-state index in [1.165, 1.54) is 12.8 Å². The van der Waals surface area contributed by atoms with Crippen LogP contribution in [0.25, 0.3) is 0 Å². The fourth-order valence-corrected chi connectivity index (χ4v) is 6.78. The summed E-state index contributed by atoms with van der Waals surface area (Å²) >= 11 is 0. The molecule has 0 aromatic heterocycles. The maximum absolute atomic E-state index is 13.9. The number of hydrogen-bond acceptors (Lipinski definition) is 3. The summed E-state index contributed by atoms with van der Waals surface area (Å²) in [5, 5.41) is 0. The highest BCUT2D eigenvalue weighted by Crippen LogP contribution is 2.42. The molecule has 4 aliphatic rings. The quantitative estimate of drug-likeness (QED) is 0.322. The second-order valence-corrected chi connectivity index (χ2v) is 11.0. The van der Waals surface area contributed by atoms with Crippen LogP contribution in [0.3, 0.4) is 0 Å². The average Bonchev–Trinajstić information content (AvgIpc) is 3.13. The number of rotatable bonds is 7. The lowest BCUT2D eigenvalue weighted by Crippen LogP contribution is -2.66. The van der Waals surface area contributed by atoms with E-state index in [1.54, 1.807) is 0 Å². The fraction of sp³-hybridized carbons (Fsp3) is 0.533. The highest BCUT2D eigenvalue weighted by Gasteiger charge is 2.50. The number of carbonyl (C=O) groups is 2. The minimum atomic E-state index is -0.516. The van der Waals surface area contributed by atoms with Crippen molar-refractivity contribution in [2.45, 2.75) is 69.3 Å². The van der Waals surface area contributed by atoms with Crippen LogP contribution in [0.2, 0.25) is 0 Å². The van der Waals surface area contributed by atoms with Crippen molar-refractivity contribution in [2.75, 3.05) is 26.2 Å². The molecule has 1 saturated carbocycles. The average molecular weight is 461 g/mol. The van der Waals surface area contributed by atoms with Crippen LogP contribution in [0.15, 0.2) is 60.7 Å². The lowest BCUT2D eigenvalue weighted by molar-refractivity contribution is -0.939. The monoisotopic (exact) mass is 460 g/mol. The second kappa shape index (κ2) is 10.0. The van der Waals surface area contributed by atoms with Crippen molar-refractivity contribution >= 4 is 11.8 Å². The molecule has 4 fully saturated rings. The second-order valence-electron chi connectivity index (χ2n) is 11.0. The maximum Gasteiger partial charge on any atom is 0.317 e. The number of nitrogens with zero attached hydrogens (tertiary/aromatic N) is 1. The van der Waals surface area contributed by atoms with Gasteiger partial charge >= 0.3 is 5.97 Å². The third kappa shape index (κ3) is 4.84. The molecular weight excluding hydrogens is 422 g/mol. The van der Waals surface area contributed by atoms with E-state index >= 15 is 0 Å². The van der Waals surface area contributed by atoms with E-state index in [0.29, 0.717) is 24.7 Å². The van der Waals surface area contributed by atoms with E-state index < -0.39 is 5.41 Å². The lowest BCUT2D eigenvalue weighted by Gasteiger charge is -2.52. The number of hydrogen-bond donors (Lipinski definition) is 0. The van der Waals surface area contributed by atoms with Crippen molar-refractivity contribution in [3.63, 3.8) is 0 Å². The number of carbonyl (C=O) groups excluding carboxylic acids is 2. The summed E-state index contributed by atoms with van der Waals surface area (Å²) in [7, 11) is 0. The SMILES string of the molecule is O=C(Cc1ccccc1)C[N+]12CCC(CC1)[C@@H](OC(=O)C1(c3ccccc3)CCCCCC1)C2. The van der Waals surface area contributed by atoms with E-state index in [0.717, 1.165) is 73.8 Å². The summed E-state index contributed by atoms with van der Waals surface area (Å²) in [4.78, 5) is 26.9. The van der Waals surface area contributed by atoms with Crippen molar-refractivity contribution in [1.29, 1.82) is 0 Å². The maximum atomic E-state index is 13.9. The van der Waals surface area contributed by atoms with E-state index in [9.17, 15) is 9.59 Å². The summed E-state index contributed by atoms with van der Waals surface area (Å²) in [5.41, 5.74) is 1.68. The molecule has 0 amide bonds. The third-order valence-corrected chi connectivity index (χ3v) is 8.73. The first-order valence-electron chi connectivity index (χ1n) is 13.3. The number of benzene rings is 2. The largest absolute Gasteiger partial charge is 0.455 e. The Morgan fingerprint density at radius 1 is 0.853 bits per heavy atom. The van der Waals surface area contributed by atoms with Gasteiger partial charge in [-0.3, -0.25) is 9.59 Å². The molecule has 2 aromatic rings. The number of piperidine rings is 3. The Morgan fingerprint density at radius 3 is 2.12 bits per heavy atom. The number of fused-ring (bicyclic) bond motifs is 3. The van der Waals surface area contributed by atoms with Crippen LogP contribution in [0.4, 0.5) is 0 Å². The molecule has 4 heteroatoms. The van der Waals surface area contributed by atoms with Gasteiger partial charge in [0.1, 0.15) is 13.1 Å². The molecule has 4 nitrogen and oxygen atoms in total. The van der Waals surface area contributed by atoms with Crippen LogP contribution in [0, 0.1) is 5.92 Å². The first-order valence-corrected chi connectivity index (χ1v) is 13.3. The van der Waals surface area contributed by atoms with Crippen molar-refractivity contribution in [3.05, 3.63) is 71.8 Å². The van der Waals surface area contributed by atoms with Crippen LogP contribution >= 0.6 is 0 Å². The van der Waals surface area contributed by atoms with Gasteiger partial charge in [-0.2, -0.15) is 0 Å². The molecule has 0 unspecified atom stereocenters. The van der Waals surface area contributed by atoms with Gasteiger partial charge in [0.15, 0.2) is 11.9 Å². The van der Waals surface area contributed by atoms with Crippen molar-refractivity contribution < 1.29 is 18.8 Å². The Bertz CT molecular complexity index is 971. The highest BCUT2D eigenvalue weighted by atomic mass is 16.5. The van der Waals surface area contributed by atoms with Crippen molar-refractivity contribution in [2.24, 2.45) is 5.92 Å². The van der Waals surface area contributed by atoms with E-state index in [1.807, 2.05) is 48.5 Å². The zero-order valence-corrected chi connectivity index (χ0v) is 20.3. The van der Waals surface area contributed by atoms with Gasteiger partial charge in [-0.25, -0.2) is 0 Å². The molecular formula is C30H38NO3+. The van der Waals surface area contributed by atoms with Crippen LogP contribution in [0.5, 0.6) is 0 Å². The van der Waals surface area contributed by atoms with E-state index in [4.69, 9.17) is 4.74 Å². The van der Waals surface area contributed by atoms with Gasteiger partial charge in [0.25, 0.3) is 0 Å². The van der Waals surface area contributed by atoms with Gasteiger partial charge in [0, 0.05) is 25.2 Å². The number of ether oxygens (including phenoxy) is 1. The molecule has 0 N–H and O–H groups in total. The molecule has 3 saturated heterocycles. The van der Waals surface area contributed by atoms with Crippen LogP contribution in [-0.2, 0) is 26.2 Å². The van der Waals surface area contributed by atoms with Gasteiger partial charge in [-0.15, -0.1) is 0 Å². The molecule has 2 aromatic carbocycles. The van der Waals surface area contributed by atoms with Crippen molar-refractivity contribution in [3.8, 4) is 0 Å². The number of ketones is 1. The molecule has 0 spiro atoms. The molecule has 1 aliphatic carbocycles. The molecule has 34 heavy (non-hydrogen) atoms. The Kier molecular flexibility index (Phi) is 6.87. The summed E-state index contributed by atoms with van der Waals surface area (Å²) in [6.07, 6.45) is 8.82. The molecule has 1 atom stereocenters.